The number of carboxylic acids is 1. The Kier molecular flexibility index (Phi) is 7.98. The monoisotopic (exact) mass is 475 g/mol. The van der Waals surface area contributed by atoms with Gasteiger partial charge < -0.3 is 20.1 Å². The highest BCUT2D eigenvalue weighted by Gasteiger charge is 2.30. The second kappa shape index (κ2) is 10.7. The maximum Gasteiger partial charge on any atom is 0.416 e. The molecule has 0 amide bonds. The average molecular weight is 476 g/mol. The Bertz CT molecular complexity index is 1120. The number of hydrogen-bond acceptors (Lipinski definition) is 4. The maximum absolute atomic E-state index is 12.9. The number of nitrogens with zero attached hydrogens (tertiary/aromatic N) is 2. The summed E-state index contributed by atoms with van der Waals surface area (Å²) in [5.41, 5.74) is 8.50. The minimum atomic E-state index is -4.39. The largest absolute Gasteiger partial charge is 0.493 e. The molecule has 0 spiro atoms. The Hall–Kier alpha value is -3.33. The third kappa shape index (κ3) is 6.60. The van der Waals surface area contributed by atoms with Crippen LogP contribution >= 0.6 is 0 Å². The van der Waals surface area contributed by atoms with Gasteiger partial charge in [-0.15, -0.1) is 0 Å². The summed E-state index contributed by atoms with van der Waals surface area (Å²) >= 11 is 0. The van der Waals surface area contributed by atoms with Gasteiger partial charge in [-0.25, -0.2) is 4.98 Å². The number of carboxylic acid groups (broad SMARTS) is 1. The van der Waals surface area contributed by atoms with Crippen molar-refractivity contribution in [3.05, 3.63) is 71.0 Å². The predicted octanol–water partition coefficient (Wildman–Crippen LogP) is 5.20. The third-order valence-electron chi connectivity index (χ3n) is 5.48. The quantitative estimate of drug-likeness (QED) is 0.394. The van der Waals surface area contributed by atoms with Crippen molar-refractivity contribution < 1.29 is 27.8 Å². The number of alkyl halides is 3. The van der Waals surface area contributed by atoms with E-state index in [9.17, 15) is 18.0 Å². The number of aliphatic carboxylic acids is 1. The van der Waals surface area contributed by atoms with Crippen LogP contribution < -0.4 is 10.5 Å². The van der Waals surface area contributed by atoms with Gasteiger partial charge in [0.15, 0.2) is 0 Å². The smallest absolute Gasteiger partial charge is 0.416 e. The van der Waals surface area contributed by atoms with Crippen LogP contribution in [-0.4, -0.2) is 33.3 Å². The first-order chi connectivity index (χ1) is 16.0. The molecule has 0 saturated heterocycles. The number of rotatable bonds is 10. The highest BCUT2D eigenvalue weighted by molar-refractivity contribution is 5.67. The van der Waals surface area contributed by atoms with Crippen LogP contribution in [0, 0.1) is 13.8 Å². The fourth-order valence-corrected chi connectivity index (χ4v) is 3.70. The van der Waals surface area contributed by atoms with Crippen LogP contribution in [0.15, 0.2) is 48.7 Å². The van der Waals surface area contributed by atoms with Gasteiger partial charge in [0.05, 0.1) is 25.1 Å². The van der Waals surface area contributed by atoms with Crippen molar-refractivity contribution in [2.45, 2.75) is 51.9 Å². The van der Waals surface area contributed by atoms with Crippen molar-refractivity contribution in [1.29, 1.82) is 0 Å². The Morgan fingerprint density at radius 3 is 2.53 bits per heavy atom. The summed E-state index contributed by atoms with van der Waals surface area (Å²) in [4.78, 5) is 15.2. The second-order valence-electron chi connectivity index (χ2n) is 8.34. The number of aromatic nitrogens is 2. The zero-order valence-electron chi connectivity index (χ0n) is 19.1. The van der Waals surface area contributed by atoms with Gasteiger partial charge in [-0.05, 0) is 44.9 Å². The summed E-state index contributed by atoms with van der Waals surface area (Å²) in [6, 6.07) is 10.4. The van der Waals surface area contributed by atoms with Gasteiger partial charge in [0, 0.05) is 29.1 Å². The highest BCUT2D eigenvalue weighted by Crippen LogP contribution is 2.31. The van der Waals surface area contributed by atoms with Crippen molar-refractivity contribution in [3.63, 3.8) is 0 Å². The fourth-order valence-electron chi connectivity index (χ4n) is 3.70. The van der Waals surface area contributed by atoms with Crippen molar-refractivity contribution in [1.82, 2.24) is 9.55 Å². The lowest BCUT2D eigenvalue weighted by atomic mass is 10.1. The minimum absolute atomic E-state index is 0.0809. The first kappa shape index (κ1) is 25.3. The third-order valence-corrected chi connectivity index (χ3v) is 5.48. The number of nitrogens with two attached hydrogens (primary N) is 1. The van der Waals surface area contributed by atoms with Crippen LogP contribution in [0.2, 0.25) is 0 Å². The van der Waals surface area contributed by atoms with Gasteiger partial charge in [-0.1, -0.05) is 29.8 Å². The average Bonchev–Trinajstić information content (AvgIpc) is 3.11. The number of halogens is 3. The van der Waals surface area contributed by atoms with E-state index in [1.165, 1.54) is 12.1 Å². The first-order valence-corrected chi connectivity index (χ1v) is 10.9. The van der Waals surface area contributed by atoms with E-state index in [1.807, 2.05) is 36.6 Å². The first-order valence-electron chi connectivity index (χ1n) is 10.9. The lowest BCUT2D eigenvalue weighted by molar-refractivity contribution is -0.138. The molecule has 6 nitrogen and oxygen atoms in total. The molecule has 1 atom stereocenters. The van der Waals surface area contributed by atoms with Gasteiger partial charge in [-0.3, -0.25) is 4.79 Å². The normalized spacial score (nSPS) is 12.5. The van der Waals surface area contributed by atoms with Crippen LogP contribution in [-0.2, 0) is 17.5 Å². The van der Waals surface area contributed by atoms with E-state index in [1.54, 1.807) is 6.20 Å². The number of imidazole rings is 1. The van der Waals surface area contributed by atoms with Gasteiger partial charge in [0.1, 0.15) is 11.6 Å². The van der Waals surface area contributed by atoms with Crippen molar-refractivity contribution >= 4 is 5.97 Å². The summed E-state index contributed by atoms with van der Waals surface area (Å²) in [5, 5.41) is 8.81. The molecule has 0 fully saturated rings. The van der Waals surface area contributed by atoms with Crippen molar-refractivity contribution in [2.24, 2.45) is 5.73 Å². The lowest BCUT2D eigenvalue weighted by Gasteiger charge is -2.16. The molecule has 3 rings (SSSR count). The zero-order chi connectivity index (χ0) is 24.9. The maximum atomic E-state index is 12.9. The van der Waals surface area contributed by atoms with Crippen LogP contribution in [0.1, 0.15) is 41.6 Å². The van der Waals surface area contributed by atoms with Gasteiger partial charge >= 0.3 is 12.1 Å². The minimum Gasteiger partial charge on any atom is -0.493 e. The van der Waals surface area contributed by atoms with E-state index in [0.29, 0.717) is 43.1 Å². The standard InChI is InChI=1S/C25H28F3N3O3/c1-16-5-10-22(34-11-3-4-21(29)13-23(32)33)19(12-16)15-31-17(2)14-30-24(31)18-6-8-20(9-7-18)25(26,27)28/h5-10,12,14,21H,3-4,11,13,15,29H2,1-2H3,(H,32,33)/t21-/m1/s1. The molecule has 3 N–H and O–H groups in total. The molecule has 1 heterocycles. The van der Waals surface area contributed by atoms with Crippen molar-refractivity contribution in [3.8, 4) is 17.1 Å². The number of ether oxygens (including phenoxy) is 1. The van der Waals surface area contributed by atoms with Gasteiger partial charge in [0.2, 0.25) is 0 Å². The van der Waals surface area contributed by atoms with E-state index >= 15 is 0 Å². The zero-order valence-corrected chi connectivity index (χ0v) is 19.1. The number of aryl methyl sites for hydroxylation is 2. The van der Waals surface area contributed by atoms with E-state index in [0.717, 1.165) is 29.0 Å². The molecular formula is C25H28F3N3O3. The van der Waals surface area contributed by atoms with E-state index < -0.39 is 23.8 Å². The summed E-state index contributed by atoms with van der Waals surface area (Å²) in [7, 11) is 0. The number of benzene rings is 2. The molecular weight excluding hydrogens is 447 g/mol. The van der Waals surface area contributed by atoms with Gasteiger partial charge in [0.25, 0.3) is 0 Å². The van der Waals surface area contributed by atoms with E-state index in [4.69, 9.17) is 15.6 Å². The van der Waals surface area contributed by atoms with Crippen molar-refractivity contribution in [2.75, 3.05) is 6.61 Å². The highest BCUT2D eigenvalue weighted by atomic mass is 19.4. The van der Waals surface area contributed by atoms with Crippen LogP contribution in [0.3, 0.4) is 0 Å². The molecule has 3 aromatic rings. The van der Waals surface area contributed by atoms with Crippen LogP contribution in [0.25, 0.3) is 11.4 Å². The molecule has 0 saturated carbocycles. The molecule has 0 radical (unpaired) electrons. The molecule has 2 aromatic carbocycles. The Balaban J connectivity index is 1.76. The van der Waals surface area contributed by atoms with E-state index in [-0.39, 0.29) is 6.42 Å². The summed E-state index contributed by atoms with van der Waals surface area (Å²) in [6.07, 6.45) is -1.64. The lowest BCUT2D eigenvalue weighted by Crippen LogP contribution is -2.24. The second-order valence-corrected chi connectivity index (χ2v) is 8.34. The van der Waals surface area contributed by atoms with Crippen LogP contribution in [0.4, 0.5) is 13.2 Å². The van der Waals surface area contributed by atoms with Gasteiger partial charge in [-0.2, -0.15) is 13.2 Å². The molecule has 0 aliphatic heterocycles. The molecule has 182 valence electrons. The molecule has 0 unspecified atom stereocenters. The Labute approximate surface area is 196 Å². The topological polar surface area (TPSA) is 90.4 Å². The summed E-state index contributed by atoms with van der Waals surface area (Å²) in [5.74, 6) is 0.330. The Morgan fingerprint density at radius 1 is 1.18 bits per heavy atom. The fraction of sp³-hybridized carbons (Fsp3) is 0.360. The van der Waals surface area contributed by atoms with Crippen LogP contribution in [0.5, 0.6) is 5.75 Å². The van der Waals surface area contributed by atoms with E-state index in [2.05, 4.69) is 4.98 Å². The summed E-state index contributed by atoms with van der Waals surface area (Å²) < 4.78 is 46.7. The molecule has 9 heteroatoms. The summed E-state index contributed by atoms with van der Waals surface area (Å²) in [6.45, 7) is 4.67. The Morgan fingerprint density at radius 2 is 1.88 bits per heavy atom. The number of hydrogen-bond donors (Lipinski definition) is 2. The molecule has 1 aromatic heterocycles. The molecule has 34 heavy (non-hydrogen) atoms. The molecule has 0 aliphatic carbocycles. The molecule has 0 aliphatic rings. The predicted molar refractivity (Wildman–Crippen MR) is 123 cm³/mol. The SMILES string of the molecule is Cc1ccc(OCCC[C@@H](N)CC(=O)O)c(Cn2c(C)cnc2-c2ccc(C(F)(F)F)cc2)c1. The molecule has 0 bridgehead atoms. The number of carbonyl (C=O) groups is 1.